The summed E-state index contributed by atoms with van der Waals surface area (Å²) in [6.07, 6.45) is 5.99. The van der Waals surface area contributed by atoms with E-state index in [0.717, 1.165) is 25.7 Å². The average Bonchev–Trinajstić information content (AvgIpc) is 3.36. The zero-order chi connectivity index (χ0) is 25.1. The summed E-state index contributed by atoms with van der Waals surface area (Å²) in [6.45, 7) is 2.07. The zero-order valence-electron chi connectivity index (χ0n) is 19.3. The van der Waals surface area contributed by atoms with Gasteiger partial charge in [-0.05, 0) is 44.2 Å². The number of rotatable bonds is 10. The maximum absolute atomic E-state index is 11.6. The number of carbonyl (C=O) groups excluding carboxylic acids is 1. The van der Waals surface area contributed by atoms with E-state index >= 15 is 0 Å². The van der Waals surface area contributed by atoms with Crippen molar-refractivity contribution < 1.29 is 9.90 Å². The molecule has 12 heteroatoms. The summed E-state index contributed by atoms with van der Waals surface area (Å²) in [7, 11) is 0. The van der Waals surface area contributed by atoms with E-state index in [9.17, 15) is 9.90 Å². The van der Waals surface area contributed by atoms with E-state index in [-0.39, 0.29) is 30.5 Å². The normalized spacial score (nSPS) is 18.7. The van der Waals surface area contributed by atoms with Gasteiger partial charge in [-0.3, -0.25) is 9.36 Å². The Morgan fingerprint density at radius 3 is 2.60 bits per heavy atom. The standard InChI is InChI=1S/C23H28Cl3N7O2/c1-2-3-14(5-7-19(27)35)33-21-18(11-28-22(32-21)29-13-4-6-15(34)10-13)30-23(33)31-20-16(25)8-12(24)9-17(20)26/h8-9,11,13-15,34H,2-7,10H2,1H3,(H2,27,35)(H,30,31)(H,28,29,32)/t13-,14+,15-/m0/s1. The van der Waals surface area contributed by atoms with Gasteiger partial charge in [-0.15, -0.1) is 0 Å². The summed E-state index contributed by atoms with van der Waals surface area (Å²) < 4.78 is 1.96. The van der Waals surface area contributed by atoms with Crippen LogP contribution in [0.2, 0.25) is 15.1 Å². The van der Waals surface area contributed by atoms with Crippen molar-refractivity contribution in [3.8, 4) is 0 Å². The quantitative estimate of drug-likeness (QED) is 0.268. The molecule has 0 saturated heterocycles. The molecule has 1 fully saturated rings. The van der Waals surface area contributed by atoms with Crippen molar-refractivity contribution in [2.75, 3.05) is 10.6 Å². The lowest BCUT2D eigenvalue weighted by atomic mass is 10.1. The fraction of sp³-hybridized carbons (Fsp3) is 0.478. The minimum Gasteiger partial charge on any atom is -0.393 e. The molecule has 0 radical (unpaired) electrons. The Kier molecular flexibility index (Phi) is 8.21. The molecule has 1 aromatic carbocycles. The number of hydrogen-bond acceptors (Lipinski definition) is 7. The molecule has 0 bridgehead atoms. The van der Waals surface area contributed by atoms with E-state index in [1.807, 2.05) is 4.57 Å². The van der Waals surface area contributed by atoms with Gasteiger partial charge in [0.15, 0.2) is 5.65 Å². The van der Waals surface area contributed by atoms with Crippen LogP contribution >= 0.6 is 34.8 Å². The maximum atomic E-state index is 11.6. The molecular weight excluding hydrogens is 513 g/mol. The molecule has 3 aromatic rings. The van der Waals surface area contributed by atoms with Gasteiger partial charge in [-0.2, -0.15) is 4.98 Å². The van der Waals surface area contributed by atoms with Crippen LogP contribution in [-0.4, -0.2) is 42.7 Å². The lowest BCUT2D eigenvalue weighted by molar-refractivity contribution is -0.118. The number of aliphatic hydroxyl groups is 1. The number of nitrogens with two attached hydrogens (primary N) is 1. The first-order valence-corrected chi connectivity index (χ1v) is 12.8. The third-order valence-electron chi connectivity index (χ3n) is 6.13. The van der Waals surface area contributed by atoms with Crippen molar-refractivity contribution in [1.29, 1.82) is 0 Å². The highest BCUT2D eigenvalue weighted by molar-refractivity contribution is 6.41. The van der Waals surface area contributed by atoms with Gasteiger partial charge in [-0.1, -0.05) is 48.1 Å². The monoisotopic (exact) mass is 539 g/mol. The van der Waals surface area contributed by atoms with Gasteiger partial charge in [0.05, 0.1) is 28.0 Å². The molecule has 0 aliphatic heterocycles. The Morgan fingerprint density at radius 2 is 1.97 bits per heavy atom. The number of amides is 1. The molecule has 0 spiro atoms. The molecule has 1 saturated carbocycles. The highest BCUT2D eigenvalue weighted by atomic mass is 35.5. The van der Waals surface area contributed by atoms with Gasteiger partial charge >= 0.3 is 0 Å². The van der Waals surface area contributed by atoms with Gasteiger partial charge in [0.1, 0.15) is 5.52 Å². The highest BCUT2D eigenvalue weighted by Crippen LogP contribution is 2.38. The SMILES string of the molecule is CCC[C@H](CCC(N)=O)n1c(Nc2c(Cl)cc(Cl)cc2Cl)nc2cnc(N[C@H]3CC[C@H](O)C3)nc21. The summed E-state index contributed by atoms with van der Waals surface area (Å²) in [6, 6.07) is 3.18. The van der Waals surface area contributed by atoms with Crippen LogP contribution < -0.4 is 16.4 Å². The molecular formula is C23H28Cl3N7O2. The second-order valence-electron chi connectivity index (χ2n) is 8.83. The summed E-state index contributed by atoms with van der Waals surface area (Å²) in [5.41, 5.74) is 7.11. The van der Waals surface area contributed by atoms with E-state index in [4.69, 9.17) is 50.5 Å². The first-order chi connectivity index (χ1) is 16.7. The van der Waals surface area contributed by atoms with Gasteiger partial charge in [0.25, 0.3) is 0 Å². The van der Waals surface area contributed by atoms with Crippen LogP contribution in [0.15, 0.2) is 18.3 Å². The van der Waals surface area contributed by atoms with Crippen LogP contribution in [-0.2, 0) is 4.79 Å². The van der Waals surface area contributed by atoms with E-state index in [1.54, 1.807) is 18.3 Å². The first-order valence-electron chi connectivity index (χ1n) is 11.6. The van der Waals surface area contributed by atoms with Crippen LogP contribution in [0.3, 0.4) is 0 Å². The molecule has 4 rings (SSSR count). The Balaban J connectivity index is 1.78. The third-order valence-corrected chi connectivity index (χ3v) is 6.94. The van der Waals surface area contributed by atoms with E-state index in [2.05, 4.69) is 22.5 Å². The van der Waals surface area contributed by atoms with E-state index in [1.165, 1.54) is 0 Å². The van der Waals surface area contributed by atoms with Crippen molar-refractivity contribution >= 4 is 69.5 Å². The second kappa shape index (κ2) is 11.2. The Labute approximate surface area is 218 Å². The minimum atomic E-state index is -0.370. The molecule has 188 valence electrons. The van der Waals surface area contributed by atoms with Crippen molar-refractivity contribution in [3.63, 3.8) is 0 Å². The molecule has 9 nitrogen and oxygen atoms in total. The molecule has 0 unspecified atom stereocenters. The molecule has 1 aliphatic rings. The van der Waals surface area contributed by atoms with Crippen LogP contribution in [0, 0.1) is 0 Å². The van der Waals surface area contributed by atoms with E-state index in [0.29, 0.717) is 56.7 Å². The minimum absolute atomic E-state index is 0.101. The number of anilines is 3. The number of primary amides is 1. The fourth-order valence-electron chi connectivity index (χ4n) is 4.48. The van der Waals surface area contributed by atoms with Crippen molar-refractivity contribution in [1.82, 2.24) is 19.5 Å². The number of aromatic nitrogens is 4. The van der Waals surface area contributed by atoms with Crippen molar-refractivity contribution in [2.24, 2.45) is 5.73 Å². The fourth-order valence-corrected chi connectivity index (χ4v) is 5.40. The van der Waals surface area contributed by atoms with Crippen LogP contribution in [0.1, 0.15) is 57.9 Å². The largest absolute Gasteiger partial charge is 0.393 e. The van der Waals surface area contributed by atoms with Crippen molar-refractivity contribution in [3.05, 3.63) is 33.4 Å². The number of imidazole rings is 1. The predicted molar refractivity (Wildman–Crippen MR) is 140 cm³/mol. The number of benzene rings is 1. The van der Waals surface area contributed by atoms with E-state index < -0.39 is 0 Å². The van der Waals surface area contributed by atoms with Gasteiger partial charge < -0.3 is 21.5 Å². The zero-order valence-corrected chi connectivity index (χ0v) is 21.5. The number of nitrogens with zero attached hydrogens (tertiary/aromatic N) is 4. The number of carbonyl (C=O) groups is 1. The molecule has 1 aliphatic carbocycles. The topological polar surface area (TPSA) is 131 Å². The first kappa shape index (κ1) is 25.8. The Bertz CT molecular complexity index is 1200. The maximum Gasteiger partial charge on any atom is 0.224 e. The van der Waals surface area contributed by atoms with Gasteiger partial charge in [-0.25, -0.2) is 9.97 Å². The molecule has 35 heavy (non-hydrogen) atoms. The molecule has 2 aromatic heterocycles. The Morgan fingerprint density at radius 1 is 1.23 bits per heavy atom. The van der Waals surface area contributed by atoms with Crippen LogP contribution in [0.5, 0.6) is 0 Å². The number of hydrogen-bond donors (Lipinski definition) is 4. The summed E-state index contributed by atoms with van der Waals surface area (Å²) >= 11 is 18.9. The lowest BCUT2D eigenvalue weighted by Gasteiger charge is -2.22. The van der Waals surface area contributed by atoms with Crippen molar-refractivity contribution in [2.45, 2.75) is 70.1 Å². The van der Waals surface area contributed by atoms with Gasteiger partial charge in [0.2, 0.25) is 17.8 Å². The van der Waals surface area contributed by atoms with Crippen LogP contribution in [0.4, 0.5) is 17.6 Å². The summed E-state index contributed by atoms with van der Waals surface area (Å²) in [5, 5.41) is 17.5. The highest BCUT2D eigenvalue weighted by Gasteiger charge is 2.25. The molecule has 2 heterocycles. The Hall–Kier alpha value is -2.33. The summed E-state index contributed by atoms with van der Waals surface area (Å²) in [5.74, 6) is 0.555. The molecule has 3 atom stereocenters. The second-order valence-corrected chi connectivity index (χ2v) is 10.1. The number of aliphatic hydroxyl groups excluding tert-OH is 1. The number of fused-ring (bicyclic) bond motifs is 1. The number of nitrogens with one attached hydrogen (secondary N) is 2. The number of halogens is 3. The third kappa shape index (κ3) is 6.09. The average molecular weight is 541 g/mol. The summed E-state index contributed by atoms with van der Waals surface area (Å²) in [4.78, 5) is 25.5. The van der Waals surface area contributed by atoms with Crippen LogP contribution in [0.25, 0.3) is 11.2 Å². The predicted octanol–water partition coefficient (Wildman–Crippen LogP) is 5.46. The molecule has 1 amide bonds. The molecule has 5 N–H and O–H groups in total. The smallest absolute Gasteiger partial charge is 0.224 e. The lowest BCUT2D eigenvalue weighted by Crippen LogP contribution is -2.19. The van der Waals surface area contributed by atoms with Gasteiger partial charge in [0, 0.05) is 23.5 Å².